The van der Waals surface area contributed by atoms with Crippen molar-refractivity contribution >= 4 is 0 Å². The molecule has 0 aliphatic carbocycles. The second-order valence-corrected chi connectivity index (χ2v) is 2.88. The summed E-state index contributed by atoms with van der Waals surface area (Å²) in [6.07, 6.45) is -0.219. The molecule has 6 nitrogen and oxygen atoms in total. The smallest absolute Gasteiger partial charge is 0.246 e. The average molecular weight is 201 g/mol. The highest BCUT2D eigenvalue weighted by Gasteiger charge is 2.17. The molecular formula is C8H15N3O3. The van der Waals surface area contributed by atoms with Crippen LogP contribution >= 0.6 is 0 Å². The maximum Gasteiger partial charge on any atom is 0.246 e. The normalized spacial score (nSPS) is 15.4. The molecule has 0 saturated carbocycles. The number of aliphatic hydroxyl groups is 1. The number of nitrogens with zero attached hydrogens (tertiary/aromatic N) is 2. The first-order chi connectivity index (χ1) is 6.69. The summed E-state index contributed by atoms with van der Waals surface area (Å²) in [4.78, 5) is 4.01. The van der Waals surface area contributed by atoms with Gasteiger partial charge in [-0.2, -0.15) is 4.98 Å². The van der Waals surface area contributed by atoms with Crippen molar-refractivity contribution in [2.24, 2.45) is 5.73 Å². The fourth-order valence-corrected chi connectivity index (χ4v) is 0.966. The topological polar surface area (TPSA) is 94.4 Å². The molecule has 0 aromatic carbocycles. The van der Waals surface area contributed by atoms with E-state index in [4.69, 9.17) is 20.1 Å². The first kappa shape index (κ1) is 11.1. The van der Waals surface area contributed by atoms with Crippen LogP contribution < -0.4 is 5.73 Å². The van der Waals surface area contributed by atoms with Crippen LogP contribution in [0.4, 0.5) is 0 Å². The van der Waals surface area contributed by atoms with Crippen molar-refractivity contribution in [1.82, 2.24) is 10.1 Å². The highest BCUT2D eigenvalue weighted by Crippen LogP contribution is 2.15. The summed E-state index contributed by atoms with van der Waals surface area (Å²) in [6.45, 7) is 4.07. The monoisotopic (exact) mass is 201 g/mol. The van der Waals surface area contributed by atoms with Gasteiger partial charge in [0.1, 0.15) is 12.1 Å². The molecule has 1 aromatic heterocycles. The Hall–Kier alpha value is -0.980. The van der Waals surface area contributed by atoms with Crippen molar-refractivity contribution in [3.63, 3.8) is 0 Å². The molecular weight excluding hydrogens is 186 g/mol. The summed E-state index contributed by atoms with van der Waals surface area (Å²) in [6, 6.07) is -0.620. The number of hydrogen-bond donors (Lipinski definition) is 2. The standard InChI is InChI=1S/C8H15N3O3/c1-3-13-5(2)7-10-8(14-11-7)6(9)4-12/h5-6,12H,3-4,9H2,1-2H3/t5?,6-/m1/s1. The third kappa shape index (κ3) is 2.50. The van der Waals surface area contributed by atoms with Gasteiger partial charge in [-0.1, -0.05) is 5.16 Å². The van der Waals surface area contributed by atoms with Crippen LogP contribution in [-0.4, -0.2) is 28.5 Å². The molecule has 0 amide bonds. The van der Waals surface area contributed by atoms with Crippen molar-refractivity contribution in [3.8, 4) is 0 Å². The van der Waals surface area contributed by atoms with Gasteiger partial charge >= 0.3 is 0 Å². The van der Waals surface area contributed by atoms with Crippen molar-refractivity contribution in [2.45, 2.75) is 26.0 Å². The zero-order chi connectivity index (χ0) is 10.6. The first-order valence-electron chi connectivity index (χ1n) is 4.50. The van der Waals surface area contributed by atoms with Gasteiger partial charge in [0.25, 0.3) is 0 Å². The van der Waals surface area contributed by atoms with E-state index in [0.717, 1.165) is 0 Å². The van der Waals surface area contributed by atoms with Crippen LogP contribution in [0.25, 0.3) is 0 Å². The molecule has 0 aliphatic heterocycles. The SMILES string of the molecule is CCOC(C)c1noc([C@H](N)CO)n1. The van der Waals surface area contributed by atoms with E-state index in [1.165, 1.54) is 0 Å². The summed E-state index contributed by atoms with van der Waals surface area (Å²) in [5.41, 5.74) is 5.49. The Kier molecular flexibility index (Phi) is 3.99. The van der Waals surface area contributed by atoms with Gasteiger partial charge in [0.05, 0.1) is 6.61 Å². The Morgan fingerprint density at radius 3 is 2.93 bits per heavy atom. The lowest BCUT2D eigenvalue weighted by Crippen LogP contribution is -2.15. The predicted molar refractivity (Wildman–Crippen MR) is 48.4 cm³/mol. The summed E-state index contributed by atoms with van der Waals surface area (Å²) in [5, 5.41) is 12.5. The third-order valence-electron chi connectivity index (χ3n) is 1.75. The van der Waals surface area contributed by atoms with Crippen molar-refractivity contribution in [3.05, 3.63) is 11.7 Å². The lowest BCUT2D eigenvalue weighted by molar-refractivity contribution is 0.0683. The highest BCUT2D eigenvalue weighted by atomic mass is 16.5. The summed E-state index contributed by atoms with van der Waals surface area (Å²) < 4.78 is 10.1. The Morgan fingerprint density at radius 2 is 2.36 bits per heavy atom. The molecule has 6 heteroatoms. The summed E-state index contributed by atoms with van der Waals surface area (Å²) in [7, 11) is 0. The average Bonchev–Trinajstić information content (AvgIpc) is 2.66. The van der Waals surface area contributed by atoms with E-state index in [2.05, 4.69) is 10.1 Å². The predicted octanol–water partition coefficient (Wildman–Crippen LogP) is 0.159. The van der Waals surface area contributed by atoms with Crippen LogP contribution in [0.1, 0.15) is 37.7 Å². The van der Waals surface area contributed by atoms with Crippen molar-refractivity contribution < 1.29 is 14.4 Å². The van der Waals surface area contributed by atoms with Gasteiger partial charge in [0.2, 0.25) is 5.89 Å². The molecule has 3 N–H and O–H groups in total. The van der Waals surface area contributed by atoms with E-state index in [1.807, 2.05) is 13.8 Å². The minimum Gasteiger partial charge on any atom is -0.394 e. The van der Waals surface area contributed by atoms with E-state index in [9.17, 15) is 0 Å². The Balaban J connectivity index is 2.67. The van der Waals surface area contributed by atoms with Gasteiger partial charge in [-0.25, -0.2) is 0 Å². The summed E-state index contributed by atoms with van der Waals surface area (Å²) >= 11 is 0. The molecule has 14 heavy (non-hydrogen) atoms. The molecule has 2 atom stereocenters. The number of ether oxygens (including phenoxy) is 1. The second kappa shape index (κ2) is 5.04. The quantitative estimate of drug-likeness (QED) is 0.704. The van der Waals surface area contributed by atoms with Crippen molar-refractivity contribution in [1.29, 1.82) is 0 Å². The lowest BCUT2D eigenvalue weighted by Gasteiger charge is -2.05. The lowest BCUT2D eigenvalue weighted by atomic mass is 10.3. The molecule has 80 valence electrons. The maximum absolute atomic E-state index is 8.76. The van der Waals surface area contributed by atoms with E-state index in [0.29, 0.717) is 12.4 Å². The molecule has 0 fully saturated rings. The number of hydrogen-bond acceptors (Lipinski definition) is 6. The number of rotatable bonds is 5. The van der Waals surface area contributed by atoms with E-state index in [-0.39, 0.29) is 18.6 Å². The van der Waals surface area contributed by atoms with Gasteiger partial charge in [-0.15, -0.1) is 0 Å². The van der Waals surface area contributed by atoms with Gasteiger partial charge < -0.3 is 20.1 Å². The minimum absolute atomic E-state index is 0.218. The molecule has 0 saturated heterocycles. The van der Waals surface area contributed by atoms with Crippen LogP contribution in [0, 0.1) is 0 Å². The van der Waals surface area contributed by atoms with Crippen molar-refractivity contribution in [2.75, 3.05) is 13.2 Å². The number of aromatic nitrogens is 2. The molecule has 0 bridgehead atoms. The van der Waals surface area contributed by atoms with Crippen LogP contribution in [0.3, 0.4) is 0 Å². The maximum atomic E-state index is 8.76. The zero-order valence-corrected chi connectivity index (χ0v) is 8.30. The van der Waals surface area contributed by atoms with Crippen LogP contribution in [0.15, 0.2) is 4.52 Å². The van der Waals surface area contributed by atoms with Gasteiger partial charge in [-0.3, -0.25) is 0 Å². The Bertz CT molecular complexity index is 277. The summed E-state index contributed by atoms with van der Waals surface area (Å²) in [5.74, 6) is 0.680. The fourth-order valence-electron chi connectivity index (χ4n) is 0.966. The van der Waals surface area contributed by atoms with E-state index >= 15 is 0 Å². The fraction of sp³-hybridized carbons (Fsp3) is 0.750. The van der Waals surface area contributed by atoms with Gasteiger partial charge in [0.15, 0.2) is 5.82 Å². The molecule has 0 spiro atoms. The molecule has 1 rings (SSSR count). The molecule has 0 aliphatic rings. The minimum atomic E-state index is -0.620. The molecule has 1 aromatic rings. The number of nitrogens with two attached hydrogens (primary N) is 1. The highest BCUT2D eigenvalue weighted by molar-refractivity contribution is 4.93. The van der Waals surface area contributed by atoms with Crippen LogP contribution in [-0.2, 0) is 4.74 Å². The van der Waals surface area contributed by atoms with Gasteiger partial charge in [0, 0.05) is 6.61 Å². The molecule has 1 unspecified atom stereocenters. The molecule has 1 heterocycles. The number of aliphatic hydroxyl groups excluding tert-OH is 1. The third-order valence-corrected chi connectivity index (χ3v) is 1.75. The van der Waals surface area contributed by atoms with Gasteiger partial charge in [-0.05, 0) is 13.8 Å². The Morgan fingerprint density at radius 1 is 1.64 bits per heavy atom. The van der Waals surface area contributed by atoms with E-state index < -0.39 is 6.04 Å². The zero-order valence-electron chi connectivity index (χ0n) is 8.30. The Labute approximate surface area is 82.1 Å². The van der Waals surface area contributed by atoms with Crippen LogP contribution in [0.5, 0.6) is 0 Å². The largest absolute Gasteiger partial charge is 0.394 e. The second-order valence-electron chi connectivity index (χ2n) is 2.88. The van der Waals surface area contributed by atoms with Crippen LogP contribution in [0.2, 0.25) is 0 Å². The first-order valence-corrected chi connectivity index (χ1v) is 4.50. The molecule has 0 radical (unpaired) electrons. The van der Waals surface area contributed by atoms with E-state index in [1.54, 1.807) is 0 Å².